The van der Waals surface area contributed by atoms with Crippen molar-refractivity contribution in [2.45, 2.75) is 38.2 Å². The number of carbonyl (C=O) groups is 1. The molecule has 2 aromatic rings. The predicted molar refractivity (Wildman–Crippen MR) is 77.3 cm³/mol. The lowest BCUT2D eigenvalue weighted by Crippen LogP contribution is -2.32. The summed E-state index contributed by atoms with van der Waals surface area (Å²) in [5, 5.41) is 9.99. The van der Waals surface area contributed by atoms with Crippen LogP contribution in [0.5, 0.6) is 0 Å². The molecule has 1 atom stereocenters. The Morgan fingerprint density at radius 1 is 1.40 bits per heavy atom. The number of carboxylic acids is 1. The van der Waals surface area contributed by atoms with Crippen molar-refractivity contribution >= 4 is 16.9 Å². The zero-order chi connectivity index (χ0) is 14.3. The number of rotatable bonds is 2. The van der Waals surface area contributed by atoms with Gasteiger partial charge in [0.2, 0.25) is 0 Å². The number of fused-ring (bicyclic) bond motifs is 1. The van der Waals surface area contributed by atoms with Crippen LogP contribution in [0.15, 0.2) is 24.3 Å². The third-order valence-corrected chi connectivity index (χ3v) is 4.04. The fourth-order valence-corrected chi connectivity index (χ4v) is 3.04. The van der Waals surface area contributed by atoms with Gasteiger partial charge in [-0.3, -0.25) is 0 Å². The van der Waals surface area contributed by atoms with Crippen molar-refractivity contribution in [2.75, 3.05) is 6.61 Å². The van der Waals surface area contributed by atoms with Crippen LogP contribution in [-0.2, 0) is 4.74 Å². The van der Waals surface area contributed by atoms with Crippen LogP contribution < -0.4 is 0 Å². The van der Waals surface area contributed by atoms with Crippen molar-refractivity contribution in [2.24, 2.45) is 0 Å². The first-order chi connectivity index (χ1) is 9.44. The van der Waals surface area contributed by atoms with Gasteiger partial charge in [0.25, 0.3) is 0 Å². The highest BCUT2D eigenvalue weighted by Gasteiger charge is 2.29. The first-order valence-electron chi connectivity index (χ1n) is 6.94. The summed E-state index contributed by atoms with van der Waals surface area (Å²) in [6.07, 6.45) is 2.01. The molecule has 2 heterocycles. The smallest absolute Gasteiger partial charge is 0.352 e. The summed E-state index contributed by atoms with van der Waals surface area (Å²) in [6.45, 7) is 5.02. The molecular formula is C16H19NO3. The molecule has 1 aromatic carbocycles. The number of benzene rings is 1. The van der Waals surface area contributed by atoms with Crippen LogP contribution in [0.4, 0.5) is 0 Å². The minimum atomic E-state index is -0.921. The van der Waals surface area contributed by atoms with E-state index in [1.807, 2.05) is 6.07 Å². The van der Waals surface area contributed by atoms with Gasteiger partial charge in [-0.1, -0.05) is 6.07 Å². The average molecular weight is 273 g/mol. The fourth-order valence-electron chi connectivity index (χ4n) is 3.04. The molecule has 106 valence electrons. The molecule has 1 aliphatic rings. The van der Waals surface area contributed by atoms with Crippen LogP contribution in [0.2, 0.25) is 0 Å². The van der Waals surface area contributed by atoms with Crippen LogP contribution in [-0.4, -0.2) is 28.3 Å². The first kappa shape index (κ1) is 13.2. The number of aromatic carboxylic acids is 1. The van der Waals surface area contributed by atoms with E-state index in [4.69, 9.17) is 9.84 Å². The molecule has 0 aliphatic carbocycles. The van der Waals surface area contributed by atoms with E-state index >= 15 is 0 Å². The van der Waals surface area contributed by atoms with Gasteiger partial charge in [-0.2, -0.15) is 0 Å². The molecule has 20 heavy (non-hydrogen) atoms. The number of aromatic nitrogens is 1. The Morgan fingerprint density at radius 2 is 2.20 bits per heavy atom. The molecule has 4 heteroatoms. The summed E-state index contributed by atoms with van der Waals surface area (Å²) < 4.78 is 5.76. The third kappa shape index (κ3) is 2.43. The Morgan fingerprint density at radius 3 is 2.90 bits per heavy atom. The van der Waals surface area contributed by atoms with Gasteiger partial charge in [0.15, 0.2) is 0 Å². The largest absolute Gasteiger partial charge is 0.477 e. The molecule has 2 N–H and O–H groups in total. The van der Waals surface area contributed by atoms with Crippen molar-refractivity contribution < 1.29 is 14.6 Å². The highest BCUT2D eigenvalue weighted by Crippen LogP contribution is 2.36. The second-order valence-corrected chi connectivity index (χ2v) is 6.13. The van der Waals surface area contributed by atoms with E-state index in [9.17, 15) is 4.79 Å². The van der Waals surface area contributed by atoms with Gasteiger partial charge in [-0.15, -0.1) is 0 Å². The number of carboxylic acid groups (broad SMARTS) is 1. The van der Waals surface area contributed by atoms with Gasteiger partial charge in [0, 0.05) is 17.5 Å². The summed E-state index contributed by atoms with van der Waals surface area (Å²) in [5.74, 6) is -0.443. The van der Waals surface area contributed by atoms with Crippen LogP contribution >= 0.6 is 0 Å². The third-order valence-electron chi connectivity index (χ3n) is 4.04. The van der Waals surface area contributed by atoms with Gasteiger partial charge in [0.1, 0.15) is 5.69 Å². The van der Waals surface area contributed by atoms with E-state index in [1.54, 1.807) is 6.07 Å². The van der Waals surface area contributed by atoms with E-state index in [2.05, 4.69) is 31.0 Å². The van der Waals surface area contributed by atoms with E-state index in [0.717, 1.165) is 30.4 Å². The molecule has 0 bridgehead atoms. The molecule has 1 aliphatic heterocycles. The van der Waals surface area contributed by atoms with Crippen molar-refractivity contribution in [3.8, 4) is 0 Å². The Balaban J connectivity index is 1.94. The predicted octanol–water partition coefficient (Wildman–Crippen LogP) is 3.54. The van der Waals surface area contributed by atoms with Crippen molar-refractivity contribution in [3.63, 3.8) is 0 Å². The Hall–Kier alpha value is -1.81. The van der Waals surface area contributed by atoms with E-state index in [0.29, 0.717) is 5.92 Å². The second kappa shape index (κ2) is 4.63. The summed E-state index contributed by atoms with van der Waals surface area (Å²) in [5.41, 5.74) is 2.30. The second-order valence-electron chi connectivity index (χ2n) is 6.13. The molecule has 3 rings (SSSR count). The molecule has 1 fully saturated rings. The molecule has 1 aromatic heterocycles. The highest BCUT2D eigenvalue weighted by atomic mass is 16.5. The van der Waals surface area contributed by atoms with Gasteiger partial charge in [-0.25, -0.2) is 4.79 Å². The lowest BCUT2D eigenvalue weighted by molar-refractivity contribution is -0.0592. The van der Waals surface area contributed by atoms with Gasteiger partial charge in [0.05, 0.1) is 5.60 Å². The molecule has 0 spiro atoms. The number of aromatic amines is 1. The fraction of sp³-hybridized carbons (Fsp3) is 0.438. The van der Waals surface area contributed by atoms with Crippen LogP contribution in [0, 0.1) is 0 Å². The molecule has 4 nitrogen and oxygen atoms in total. The lowest BCUT2D eigenvalue weighted by atomic mass is 9.83. The minimum Gasteiger partial charge on any atom is -0.477 e. The monoisotopic (exact) mass is 273 g/mol. The van der Waals surface area contributed by atoms with Gasteiger partial charge in [-0.05, 0) is 56.4 Å². The first-order valence-corrected chi connectivity index (χ1v) is 6.94. The molecule has 1 saturated heterocycles. The maximum Gasteiger partial charge on any atom is 0.352 e. The van der Waals surface area contributed by atoms with Crippen LogP contribution in [0.1, 0.15) is 48.7 Å². The quantitative estimate of drug-likeness (QED) is 0.879. The van der Waals surface area contributed by atoms with Gasteiger partial charge < -0.3 is 14.8 Å². The minimum absolute atomic E-state index is 0.0811. The molecule has 0 unspecified atom stereocenters. The maximum absolute atomic E-state index is 11.0. The molecular weight excluding hydrogens is 254 g/mol. The molecule has 0 amide bonds. The van der Waals surface area contributed by atoms with Crippen molar-refractivity contribution in [1.29, 1.82) is 0 Å². The normalized spacial score (nSPS) is 22.0. The summed E-state index contributed by atoms with van der Waals surface area (Å²) in [4.78, 5) is 13.9. The standard InChI is InChI=1S/C16H19NO3/c1-16(2)9-11(5-6-20-16)10-3-4-13-12(7-10)8-14(17-13)15(18)19/h3-4,7-8,11,17H,5-6,9H2,1-2H3,(H,18,19)/t11-/m0/s1. The summed E-state index contributed by atoms with van der Waals surface area (Å²) >= 11 is 0. The zero-order valence-electron chi connectivity index (χ0n) is 11.8. The maximum atomic E-state index is 11.0. The van der Waals surface area contributed by atoms with Crippen molar-refractivity contribution in [3.05, 3.63) is 35.5 Å². The average Bonchev–Trinajstić information content (AvgIpc) is 2.80. The lowest BCUT2D eigenvalue weighted by Gasteiger charge is -2.35. The Labute approximate surface area is 117 Å². The van der Waals surface area contributed by atoms with Crippen LogP contribution in [0.3, 0.4) is 0 Å². The Kier molecular flexibility index (Phi) is 3.05. The number of hydrogen-bond donors (Lipinski definition) is 2. The van der Waals surface area contributed by atoms with E-state index < -0.39 is 5.97 Å². The summed E-state index contributed by atoms with van der Waals surface area (Å²) in [6, 6.07) is 7.87. The topological polar surface area (TPSA) is 62.3 Å². The Bertz CT molecular complexity index is 657. The highest BCUT2D eigenvalue weighted by molar-refractivity contribution is 5.93. The van der Waals surface area contributed by atoms with Crippen molar-refractivity contribution in [1.82, 2.24) is 4.98 Å². The summed E-state index contributed by atoms with van der Waals surface area (Å²) in [7, 11) is 0. The van der Waals surface area contributed by atoms with Gasteiger partial charge >= 0.3 is 5.97 Å². The molecule has 0 saturated carbocycles. The number of H-pyrrole nitrogens is 1. The SMILES string of the molecule is CC1(C)C[C@@H](c2ccc3[nH]c(C(=O)O)cc3c2)CCO1. The zero-order valence-corrected chi connectivity index (χ0v) is 11.8. The number of nitrogens with one attached hydrogen (secondary N) is 1. The van der Waals surface area contributed by atoms with E-state index in [-0.39, 0.29) is 11.3 Å². The number of hydrogen-bond acceptors (Lipinski definition) is 2. The number of ether oxygens (including phenoxy) is 1. The van der Waals surface area contributed by atoms with E-state index in [1.165, 1.54) is 5.56 Å². The molecule has 0 radical (unpaired) electrons. The van der Waals surface area contributed by atoms with Crippen LogP contribution in [0.25, 0.3) is 10.9 Å².